The molecule has 0 heteroatoms. The van der Waals surface area contributed by atoms with Crippen LogP contribution < -0.4 is 0 Å². The van der Waals surface area contributed by atoms with Gasteiger partial charge in [-0.3, -0.25) is 0 Å². The number of fused-ring (bicyclic) bond motifs is 2. The lowest BCUT2D eigenvalue weighted by molar-refractivity contribution is 1.67. The summed E-state index contributed by atoms with van der Waals surface area (Å²) in [5.41, 5.74) is 2.55. The van der Waals surface area contributed by atoms with E-state index in [1.54, 1.807) is 0 Å². The number of hydrogen-bond donors (Lipinski definition) is 0. The van der Waals surface area contributed by atoms with Gasteiger partial charge in [-0.15, -0.1) is 0 Å². The fourth-order valence-electron chi connectivity index (χ4n) is 2.74. The molecular weight excluding hydrogens is 252 g/mol. The molecule has 0 bridgehead atoms. The van der Waals surface area contributed by atoms with E-state index in [1.165, 1.54) is 32.7 Å². The second-order valence-electron chi connectivity index (χ2n) is 5.12. The maximum atomic E-state index is 2.26. The van der Waals surface area contributed by atoms with Crippen LogP contribution in [-0.2, 0) is 0 Å². The maximum Gasteiger partial charge on any atom is -0.0177 e. The van der Waals surface area contributed by atoms with Crippen molar-refractivity contribution < 1.29 is 0 Å². The van der Waals surface area contributed by atoms with Crippen LogP contribution in [0.2, 0.25) is 0 Å². The lowest BCUT2D eigenvalue weighted by Gasteiger charge is -2.06. The fraction of sp³-hybridized carbons (Fsp3) is 0.0476. The van der Waals surface area contributed by atoms with Gasteiger partial charge in [0.15, 0.2) is 0 Å². The van der Waals surface area contributed by atoms with Crippen molar-refractivity contribution in [2.45, 2.75) is 7.43 Å². The molecule has 0 aromatic heterocycles. The molecule has 0 spiro atoms. The molecule has 0 aliphatic heterocycles. The standard InChI is InChI=1S/C20H14.CH4/c1-3-7-17-13-19(11-9-15(17)5-1)20-12-10-16-6-2-4-8-18(16)14-20;/h1-14H;1H4. The summed E-state index contributed by atoms with van der Waals surface area (Å²) in [5.74, 6) is 0. The summed E-state index contributed by atoms with van der Waals surface area (Å²) < 4.78 is 0. The highest BCUT2D eigenvalue weighted by Gasteiger charge is 2.01. The van der Waals surface area contributed by atoms with Gasteiger partial charge in [-0.1, -0.05) is 80.2 Å². The van der Waals surface area contributed by atoms with Crippen molar-refractivity contribution in [1.82, 2.24) is 0 Å². The zero-order valence-electron chi connectivity index (χ0n) is 11.1. The molecule has 4 aromatic rings. The van der Waals surface area contributed by atoms with Crippen molar-refractivity contribution in [1.29, 1.82) is 0 Å². The number of hydrogen-bond acceptors (Lipinski definition) is 0. The van der Waals surface area contributed by atoms with Crippen molar-refractivity contribution in [2.75, 3.05) is 0 Å². The highest BCUT2D eigenvalue weighted by atomic mass is 14.1. The molecule has 0 atom stereocenters. The molecule has 0 nitrogen and oxygen atoms in total. The average molecular weight is 270 g/mol. The van der Waals surface area contributed by atoms with E-state index in [1.807, 2.05) is 0 Å². The Morgan fingerprint density at radius 2 is 0.762 bits per heavy atom. The van der Waals surface area contributed by atoms with Crippen molar-refractivity contribution in [2.24, 2.45) is 0 Å². The summed E-state index contributed by atoms with van der Waals surface area (Å²) in [6.45, 7) is 0. The van der Waals surface area contributed by atoms with Gasteiger partial charge in [-0.05, 0) is 44.8 Å². The Morgan fingerprint density at radius 3 is 1.19 bits per heavy atom. The van der Waals surface area contributed by atoms with Crippen LogP contribution in [0.5, 0.6) is 0 Å². The Bertz CT molecular complexity index is 826. The normalized spacial score (nSPS) is 10.5. The van der Waals surface area contributed by atoms with Crippen molar-refractivity contribution in [3.8, 4) is 11.1 Å². The second kappa shape index (κ2) is 5.41. The molecule has 102 valence electrons. The summed E-state index contributed by atoms with van der Waals surface area (Å²) in [7, 11) is 0. The fourth-order valence-corrected chi connectivity index (χ4v) is 2.74. The van der Waals surface area contributed by atoms with Gasteiger partial charge in [0.25, 0.3) is 0 Å². The average Bonchev–Trinajstić information content (AvgIpc) is 2.54. The van der Waals surface area contributed by atoms with Crippen LogP contribution in [0.25, 0.3) is 32.7 Å². The quantitative estimate of drug-likeness (QED) is 0.381. The first-order chi connectivity index (χ1) is 9.90. The van der Waals surface area contributed by atoms with Crippen LogP contribution in [0.4, 0.5) is 0 Å². The lowest BCUT2D eigenvalue weighted by Crippen LogP contribution is -1.80. The molecular formula is C21H18. The predicted octanol–water partition coefficient (Wildman–Crippen LogP) is 6.30. The molecule has 0 fully saturated rings. The van der Waals surface area contributed by atoms with Gasteiger partial charge >= 0.3 is 0 Å². The van der Waals surface area contributed by atoms with Gasteiger partial charge in [0.05, 0.1) is 0 Å². The van der Waals surface area contributed by atoms with E-state index < -0.39 is 0 Å². The maximum absolute atomic E-state index is 2.26. The van der Waals surface area contributed by atoms with Crippen molar-refractivity contribution >= 4 is 21.5 Å². The van der Waals surface area contributed by atoms with Gasteiger partial charge in [-0.2, -0.15) is 0 Å². The largest absolute Gasteiger partial charge is 0.0776 e. The molecule has 0 N–H and O–H groups in total. The molecule has 0 saturated heterocycles. The van der Waals surface area contributed by atoms with E-state index >= 15 is 0 Å². The van der Waals surface area contributed by atoms with E-state index in [-0.39, 0.29) is 7.43 Å². The molecule has 0 aliphatic rings. The van der Waals surface area contributed by atoms with Gasteiger partial charge in [0, 0.05) is 0 Å². The minimum Gasteiger partial charge on any atom is -0.0776 e. The smallest absolute Gasteiger partial charge is 0.0177 e. The van der Waals surface area contributed by atoms with Crippen LogP contribution in [0.3, 0.4) is 0 Å². The summed E-state index contributed by atoms with van der Waals surface area (Å²) in [5, 5.41) is 5.16. The van der Waals surface area contributed by atoms with E-state index in [2.05, 4.69) is 84.9 Å². The molecule has 0 saturated carbocycles. The Kier molecular flexibility index (Phi) is 3.45. The Hall–Kier alpha value is -2.60. The molecule has 0 heterocycles. The molecule has 0 aliphatic carbocycles. The third-order valence-electron chi connectivity index (χ3n) is 3.83. The summed E-state index contributed by atoms with van der Waals surface area (Å²) in [6.07, 6.45) is 0. The Balaban J connectivity index is 0.00000132. The highest BCUT2D eigenvalue weighted by Crippen LogP contribution is 2.27. The second-order valence-corrected chi connectivity index (χ2v) is 5.12. The van der Waals surface area contributed by atoms with Crippen molar-refractivity contribution in [3.05, 3.63) is 84.9 Å². The van der Waals surface area contributed by atoms with Crippen LogP contribution in [-0.4, -0.2) is 0 Å². The summed E-state index contributed by atoms with van der Waals surface area (Å²) in [4.78, 5) is 0. The van der Waals surface area contributed by atoms with Gasteiger partial charge in [-0.25, -0.2) is 0 Å². The van der Waals surface area contributed by atoms with E-state index in [9.17, 15) is 0 Å². The van der Waals surface area contributed by atoms with Crippen LogP contribution >= 0.6 is 0 Å². The van der Waals surface area contributed by atoms with Gasteiger partial charge in [0.1, 0.15) is 0 Å². The van der Waals surface area contributed by atoms with Crippen LogP contribution in [0.15, 0.2) is 84.9 Å². The summed E-state index contributed by atoms with van der Waals surface area (Å²) >= 11 is 0. The topological polar surface area (TPSA) is 0 Å². The van der Waals surface area contributed by atoms with E-state index in [0.29, 0.717) is 0 Å². The number of rotatable bonds is 1. The van der Waals surface area contributed by atoms with E-state index in [4.69, 9.17) is 0 Å². The zero-order valence-corrected chi connectivity index (χ0v) is 11.1. The Morgan fingerprint density at radius 1 is 0.381 bits per heavy atom. The van der Waals surface area contributed by atoms with Crippen molar-refractivity contribution in [3.63, 3.8) is 0 Å². The van der Waals surface area contributed by atoms with E-state index in [0.717, 1.165) is 0 Å². The van der Waals surface area contributed by atoms with Crippen LogP contribution in [0.1, 0.15) is 7.43 Å². The Labute approximate surface area is 125 Å². The monoisotopic (exact) mass is 270 g/mol. The first kappa shape index (κ1) is 13.4. The lowest BCUT2D eigenvalue weighted by atomic mass is 9.99. The predicted molar refractivity (Wildman–Crippen MR) is 93.6 cm³/mol. The SMILES string of the molecule is C.c1ccc2cc(-c3ccc4ccccc4c3)ccc2c1. The molecule has 4 aromatic carbocycles. The molecule has 0 radical (unpaired) electrons. The molecule has 0 unspecified atom stereocenters. The minimum absolute atomic E-state index is 0. The first-order valence-electron chi connectivity index (χ1n) is 6.88. The van der Waals surface area contributed by atoms with Gasteiger partial charge in [0.2, 0.25) is 0 Å². The zero-order chi connectivity index (χ0) is 13.4. The third kappa shape index (κ3) is 2.41. The first-order valence-corrected chi connectivity index (χ1v) is 6.88. The van der Waals surface area contributed by atoms with Crippen LogP contribution in [0, 0.1) is 0 Å². The van der Waals surface area contributed by atoms with Gasteiger partial charge < -0.3 is 0 Å². The molecule has 4 rings (SSSR count). The minimum atomic E-state index is 0. The summed E-state index contributed by atoms with van der Waals surface area (Å²) in [6, 6.07) is 30.3. The third-order valence-corrected chi connectivity index (χ3v) is 3.83. The molecule has 0 amide bonds. The number of benzene rings is 4. The molecule has 21 heavy (non-hydrogen) atoms. The highest BCUT2D eigenvalue weighted by molar-refractivity contribution is 5.91.